The van der Waals surface area contributed by atoms with Crippen LogP contribution in [0.4, 0.5) is 8.78 Å². The number of aromatic amines is 2. The summed E-state index contributed by atoms with van der Waals surface area (Å²) in [4.78, 5) is 63.7. The van der Waals surface area contributed by atoms with E-state index in [2.05, 4.69) is 31.2 Å². The Morgan fingerprint density at radius 2 is 1.09 bits per heavy atom. The van der Waals surface area contributed by atoms with Crippen LogP contribution in [0.25, 0.3) is 33.2 Å². The number of β-amino-alcohol motifs (C(OH)–C–C–N with tert-alkyl or cyclic N) is 2. The van der Waals surface area contributed by atoms with Crippen molar-refractivity contribution in [2.45, 2.75) is 115 Å². The SMILES string of the molecule is CCC(NC(=O)[C@H](C)NC)C(=O)N1CC(O)C[C@H]1Cc1c(-c2[nH]c3cc(F)ccc3c2C[C@@H]2CC(O)CN2C(=O)[C@H](CC)NC(=O)[C@H](C)NC)[nH]c2cc(F)ccc12. The number of amides is 4. The molecule has 14 nitrogen and oxygen atoms in total. The smallest absolute Gasteiger partial charge is 0.245 e. The Kier molecular flexibility index (Phi) is 13.2. The third-order valence-corrected chi connectivity index (χ3v) is 11.9. The molecule has 2 aromatic carbocycles. The number of aromatic nitrogens is 2. The van der Waals surface area contributed by atoms with Gasteiger partial charge in [0.2, 0.25) is 23.6 Å². The van der Waals surface area contributed by atoms with E-state index < -0.39 is 60.1 Å². The number of fused-ring (bicyclic) bond motifs is 2. The number of aliphatic hydroxyl groups excluding tert-OH is 2. The number of halogens is 2. The van der Waals surface area contributed by atoms with Crippen molar-refractivity contribution in [3.63, 3.8) is 0 Å². The van der Waals surface area contributed by atoms with E-state index in [4.69, 9.17) is 0 Å². The highest BCUT2D eigenvalue weighted by atomic mass is 19.1. The minimum atomic E-state index is -0.817. The third kappa shape index (κ3) is 8.75. The lowest BCUT2D eigenvalue weighted by atomic mass is 9.94. The number of hydrogen-bond acceptors (Lipinski definition) is 8. The number of H-pyrrole nitrogens is 2. The molecule has 16 heteroatoms. The predicted octanol–water partition coefficient (Wildman–Crippen LogP) is 2.61. The zero-order chi connectivity index (χ0) is 42.0. The molecule has 0 spiro atoms. The van der Waals surface area contributed by atoms with Crippen molar-refractivity contribution in [1.82, 2.24) is 41.0 Å². The molecule has 2 aliphatic heterocycles. The maximum absolute atomic E-state index is 14.8. The van der Waals surface area contributed by atoms with Crippen molar-refractivity contribution in [3.8, 4) is 11.4 Å². The molecule has 0 saturated carbocycles. The highest BCUT2D eigenvalue weighted by molar-refractivity contribution is 5.97. The summed E-state index contributed by atoms with van der Waals surface area (Å²) < 4.78 is 29.6. The lowest BCUT2D eigenvalue weighted by Crippen LogP contribution is -2.53. The number of likely N-dealkylation sites (tertiary alicyclic amines) is 2. The molecule has 8 N–H and O–H groups in total. The van der Waals surface area contributed by atoms with E-state index in [1.54, 1.807) is 49.9 Å². The monoisotopic (exact) mass is 806 g/mol. The maximum Gasteiger partial charge on any atom is 0.245 e. The molecule has 0 bridgehead atoms. The van der Waals surface area contributed by atoms with Crippen LogP contribution in [0.1, 0.15) is 64.5 Å². The molecule has 8 atom stereocenters. The minimum Gasteiger partial charge on any atom is -0.391 e. The van der Waals surface area contributed by atoms with Crippen LogP contribution >= 0.6 is 0 Å². The fraction of sp³-hybridized carbons (Fsp3) is 0.524. The summed E-state index contributed by atoms with van der Waals surface area (Å²) in [6.45, 7) is 7.15. The molecule has 314 valence electrons. The Bertz CT molecular complexity index is 2010. The molecule has 4 amide bonds. The van der Waals surface area contributed by atoms with Crippen LogP contribution in [0.2, 0.25) is 0 Å². The first-order chi connectivity index (χ1) is 27.7. The van der Waals surface area contributed by atoms with Gasteiger partial charge in [0.25, 0.3) is 0 Å². The van der Waals surface area contributed by atoms with Crippen molar-refractivity contribution in [2.75, 3.05) is 27.2 Å². The Labute approximate surface area is 336 Å². The van der Waals surface area contributed by atoms with E-state index in [0.29, 0.717) is 46.0 Å². The quantitative estimate of drug-likeness (QED) is 0.0899. The molecule has 4 heterocycles. The Morgan fingerprint density at radius 1 is 0.707 bits per heavy atom. The first-order valence-electron chi connectivity index (χ1n) is 20.2. The molecule has 0 aliphatic carbocycles. The van der Waals surface area contributed by atoms with E-state index in [9.17, 15) is 38.2 Å². The average Bonchev–Trinajstić information content (AvgIpc) is 3.96. The summed E-state index contributed by atoms with van der Waals surface area (Å²) in [5, 5.41) is 34.7. The van der Waals surface area contributed by atoms with Gasteiger partial charge < -0.3 is 51.2 Å². The number of nitrogens with zero attached hydrogens (tertiary/aromatic N) is 2. The standard InChI is InChI=1S/C42H56F2N8O6/c1-7-33(49-39(55)21(3)45-5)41(57)51-19-27(53)15-25(51)17-31-29-11-9-23(43)13-35(29)47-37(31)38-32(30-12-10-24(44)14-36(30)48-38)18-26-16-28(54)20-52(26)42(58)34(8-2)50-40(56)22(4)46-6/h9-14,21-22,25-28,33-34,45-48,53-54H,7-8,15-20H2,1-6H3,(H,49,55)(H,50,56)/t21-,22-,25-,26-,27?,28?,33-,34?/m0/s1. The van der Waals surface area contributed by atoms with Crippen LogP contribution in [0, 0.1) is 11.6 Å². The van der Waals surface area contributed by atoms with Crippen LogP contribution in [-0.2, 0) is 32.0 Å². The van der Waals surface area contributed by atoms with Crippen LogP contribution in [0.15, 0.2) is 36.4 Å². The van der Waals surface area contributed by atoms with Crippen LogP contribution in [-0.4, -0.2) is 129 Å². The van der Waals surface area contributed by atoms with Crippen LogP contribution in [0.3, 0.4) is 0 Å². The second-order valence-electron chi connectivity index (χ2n) is 15.8. The Balaban J connectivity index is 1.40. The first kappa shape index (κ1) is 42.7. The van der Waals surface area contributed by atoms with Crippen LogP contribution in [0.5, 0.6) is 0 Å². The van der Waals surface area contributed by atoms with Crippen molar-refractivity contribution in [3.05, 3.63) is 59.2 Å². The number of likely N-dealkylation sites (N-methyl/N-ethyl adjacent to an activating group) is 2. The first-order valence-corrected chi connectivity index (χ1v) is 20.2. The number of aliphatic hydroxyl groups is 2. The van der Waals surface area contributed by atoms with Gasteiger partial charge in [-0.05, 0) is 114 Å². The summed E-state index contributed by atoms with van der Waals surface area (Å²) in [5.41, 5.74) is 3.58. The Hall–Kier alpha value is -4.90. The van der Waals surface area contributed by atoms with Gasteiger partial charge in [0.1, 0.15) is 23.7 Å². The molecule has 4 aromatic rings. The van der Waals surface area contributed by atoms with Crippen molar-refractivity contribution >= 4 is 45.4 Å². The molecule has 2 aromatic heterocycles. The highest BCUT2D eigenvalue weighted by Crippen LogP contribution is 2.40. The van der Waals surface area contributed by atoms with E-state index in [-0.39, 0.29) is 62.4 Å². The molecule has 2 aliphatic rings. The lowest BCUT2D eigenvalue weighted by Gasteiger charge is -2.30. The second-order valence-corrected chi connectivity index (χ2v) is 15.8. The summed E-state index contributed by atoms with van der Waals surface area (Å²) in [6, 6.07) is 5.13. The third-order valence-electron chi connectivity index (χ3n) is 11.9. The molecule has 2 saturated heterocycles. The zero-order valence-corrected chi connectivity index (χ0v) is 33.9. The number of carbonyl (C=O) groups is 4. The van der Waals surface area contributed by atoms with Gasteiger partial charge in [-0.15, -0.1) is 0 Å². The van der Waals surface area contributed by atoms with Gasteiger partial charge in [-0.1, -0.05) is 13.8 Å². The number of carbonyl (C=O) groups excluding carboxylic acids is 4. The Morgan fingerprint density at radius 3 is 1.43 bits per heavy atom. The summed E-state index contributed by atoms with van der Waals surface area (Å²) in [6.07, 6.45) is 0.0738. The number of benzene rings is 2. The second kappa shape index (κ2) is 17.9. The topological polar surface area (TPSA) is 195 Å². The molecule has 6 rings (SSSR count). The van der Waals surface area contributed by atoms with Gasteiger partial charge in [-0.3, -0.25) is 19.2 Å². The predicted molar refractivity (Wildman–Crippen MR) is 217 cm³/mol. The average molecular weight is 807 g/mol. The fourth-order valence-corrected chi connectivity index (χ4v) is 8.42. The van der Waals surface area contributed by atoms with Gasteiger partial charge in [-0.25, -0.2) is 8.78 Å². The number of nitrogens with one attached hydrogen (secondary N) is 6. The molecular formula is C42H56F2N8O6. The molecule has 2 fully saturated rings. The van der Waals surface area contributed by atoms with Gasteiger partial charge in [0, 0.05) is 47.0 Å². The van der Waals surface area contributed by atoms with Crippen molar-refractivity contribution < 1.29 is 38.2 Å². The summed E-state index contributed by atoms with van der Waals surface area (Å²) in [5.74, 6) is -2.21. The van der Waals surface area contributed by atoms with Gasteiger partial charge in [0.05, 0.1) is 35.7 Å². The summed E-state index contributed by atoms with van der Waals surface area (Å²) in [7, 11) is 3.31. The molecular weight excluding hydrogens is 751 g/mol. The van der Waals surface area contributed by atoms with Gasteiger partial charge >= 0.3 is 0 Å². The maximum atomic E-state index is 14.8. The number of hydrogen-bond donors (Lipinski definition) is 8. The number of rotatable bonds is 15. The normalized spacial score (nSPS) is 21.7. The van der Waals surface area contributed by atoms with Gasteiger partial charge in [0.15, 0.2) is 0 Å². The summed E-state index contributed by atoms with van der Waals surface area (Å²) >= 11 is 0. The fourth-order valence-electron chi connectivity index (χ4n) is 8.42. The zero-order valence-electron chi connectivity index (χ0n) is 33.9. The minimum absolute atomic E-state index is 0.0711. The molecule has 58 heavy (non-hydrogen) atoms. The van der Waals surface area contributed by atoms with E-state index in [0.717, 1.165) is 11.1 Å². The van der Waals surface area contributed by atoms with E-state index in [1.165, 1.54) is 24.3 Å². The largest absolute Gasteiger partial charge is 0.391 e. The van der Waals surface area contributed by atoms with Crippen molar-refractivity contribution in [2.24, 2.45) is 0 Å². The lowest BCUT2D eigenvalue weighted by molar-refractivity contribution is -0.138. The molecule has 0 radical (unpaired) electrons. The van der Waals surface area contributed by atoms with E-state index in [1.807, 2.05) is 13.8 Å². The van der Waals surface area contributed by atoms with Crippen molar-refractivity contribution in [1.29, 1.82) is 0 Å². The van der Waals surface area contributed by atoms with Crippen LogP contribution < -0.4 is 21.3 Å². The van der Waals surface area contributed by atoms with Gasteiger partial charge in [-0.2, -0.15) is 0 Å². The molecule has 3 unspecified atom stereocenters. The highest BCUT2D eigenvalue weighted by Gasteiger charge is 2.41. The van der Waals surface area contributed by atoms with E-state index >= 15 is 0 Å².